The van der Waals surface area contributed by atoms with E-state index in [1.54, 1.807) is 6.20 Å². The molecule has 1 heterocycles. The molecule has 0 aliphatic rings. The van der Waals surface area contributed by atoms with E-state index in [1.807, 2.05) is 19.2 Å². The van der Waals surface area contributed by atoms with E-state index in [0.717, 1.165) is 6.54 Å². The van der Waals surface area contributed by atoms with E-state index in [1.165, 1.54) is 5.56 Å². The van der Waals surface area contributed by atoms with Gasteiger partial charge in [0.25, 0.3) is 0 Å². The Labute approximate surface area is 91.8 Å². The minimum atomic E-state index is -0.288. The van der Waals surface area contributed by atoms with Crippen LogP contribution in [0.4, 0.5) is 0 Å². The summed E-state index contributed by atoms with van der Waals surface area (Å²) in [6.07, 6.45) is 3.36. The molecule has 0 saturated heterocycles. The van der Waals surface area contributed by atoms with Gasteiger partial charge in [-0.3, -0.25) is 9.88 Å². The van der Waals surface area contributed by atoms with E-state index < -0.39 is 0 Å². The molecule has 0 amide bonds. The van der Waals surface area contributed by atoms with Crippen LogP contribution in [0.25, 0.3) is 0 Å². The van der Waals surface area contributed by atoms with Gasteiger partial charge in [0.05, 0.1) is 6.10 Å². The standard InChI is InChI=1S/C12H20N2O/c1-10(2)14(8-11(3)15)9-12-5-4-6-13-7-12/h4-7,10-11,15H,8-9H2,1-3H3. The van der Waals surface area contributed by atoms with Gasteiger partial charge in [-0.05, 0) is 32.4 Å². The summed E-state index contributed by atoms with van der Waals surface area (Å²) in [6.45, 7) is 7.64. The number of aliphatic hydroxyl groups excluding tert-OH is 1. The summed E-state index contributed by atoms with van der Waals surface area (Å²) in [5.74, 6) is 0. The molecule has 15 heavy (non-hydrogen) atoms. The molecule has 0 spiro atoms. The molecule has 0 fully saturated rings. The largest absolute Gasteiger partial charge is 0.392 e. The number of rotatable bonds is 5. The lowest BCUT2D eigenvalue weighted by molar-refractivity contribution is 0.103. The second-order valence-electron chi connectivity index (χ2n) is 4.23. The summed E-state index contributed by atoms with van der Waals surface area (Å²) in [6, 6.07) is 4.43. The Morgan fingerprint density at radius 2 is 2.13 bits per heavy atom. The Morgan fingerprint density at radius 3 is 2.60 bits per heavy atom. The molecule has 0 bridgehead atoms. The maximum Gasteiger partial charge on any atom is 0.0639 e. The van der Waals surface area contributed by atoms with Crippen LogP contribution in [-0.4, -0.2) is 33.7 Å². The second-order valence-corrected chi connectivity index (χ2v) is 4.23. The van der Waals surface area contributed by atoms with E-state index in [9.17, 15) is 5.11 Å². The topological polar surface area (TPSA) is 36.4 Å². The van der Waals surface area contributed by atoms with Gasteiger partial charge in [0.15, 0.2) is 0 Å². The van der Waals surface area contributed by atoms with Gasteiger partial charge in [-0.1, -0.05) is 6.07 Å². The van der Waals surface area contributed by atoms with Crippen molar-refractivity contribution in [3.63, 3.8) is 0 Å². The monoisotopic (exact) mass is 208 g/mol. The van der Waals surface area contributed by atoms with Crippen LogP contribution in [0.3, 0.4) is 0 Å². The molecule has 1 unspecified atom stereocenters. The average Bonchev–Trinajstić information content (AvgIpc) is 2.17. The Bertz CT molecular complexity index is 272. The Morgan fingerprint density at radius 1 is 1.40 bits per heavy atom. The minimum absolute atomic E-state index is 0.288. The summed E-state index contributed by atoms with van der Waals surface area (Å²) in [5.41, 5.74) is 1.19. The number of hydrogen-bond acceptors (Lipinski definition) is 3. The Kier molecular flexibility index (Phi) is 4.72. The highest BCUT2D eigenvalue weighted by Gasteiger charge is 2.12. The fourth-order valence-electron chi connectivity index (χ4n) is 1.52. The lowest BCUT2D eigenvalue weighted by Gasteiger charge is -2.27. The van der Waals surface area contributed by atoms with Crippen molar-refractivity contribution in [3.8, 4) is 0 Å². The molecule has 3 nitrogen and oxygen atoms in total. The first-order chi connectivity index (χ1) is 7.09. The molecule has 1 aromatic heterocycles. The molecule has 1 N–H and O–H groups in total. The lowest BCUT2D eigenvalue weighted by Crippen LogP contribution is -2.36. The highest BCUT2D eigenvalue weighted by Crippen LogP contribution is 2.07. The average molecular weight is 208 g/mol. The smallest absolute Gasteiger partial charge is 0.0639 e. The Hall–Kier alpha value is -0.930. The van der Waals surface area contributed by atoms with Gasteiger partial charge >= 0.3 is 0 Å². The number of aliphatic hydroxyl groups is 1. The lowest BCUT2D eigenvalue weighted by atomic mass is 10.2. The van der Waals surface area contributed by atoms with Crippen molar-refractivity contribution in [2.75, 3.05) is 6.54 Å². The van der Waals surface area contributed by atoms with Gasteiger partial charge in [0.1, 0.15) is 0 Å². The zero-order valence-electron chi connectivity index (χ0n) is 9.72. The van der Waals surface area contributed by atoms with Crippen molar-refractivity contribution in [1.82, 2.24) is 9.88 Å². The first-order valence-corrected chi connectivity index (χ1v) is 5.40. The molecule has 3 heteroatoms. The third-order valence-corrected chi connectivity index (χ3v) is 2.34. The van der Waals surface area contributed by atoms with Gasteiger partial charge < -0.3 is 5.11 Å². The number of aromatic nitrogens is 1. The van der Waals surface area contributed by atoms with Crippen LogP contribution in [0.2, 0.25) is 0 Å². The van der Waals surface area contributed by atoms with E-state index in [-0.39, 0.29) is 6.10 Å². The molecule has 0 aliphatic heterocycles. The molecule has 1 aromatic rings. The number of hydrogen-bond donors (Lipinski definition) is 1. The van der Waals surface area contributed by atoms with Crippen molar-refractivity contribution in [3.05, 3.63) is 30.1 Å². The van der Waals surface area contributed by atoms with Crippen molar-refractivity contribution in [1.29, 1.82) is 0 Å². The van der Waals surface area contributed by atoms with Crippen LogP contribution >= 0.6 is 0 Å². The third-order valence-electron chi connectivity index (χ3n) is 2.34. The zero-order chi connectivity index (χ0) is 11.3. The Balaban J connectivity index is 2.59. The number of nitrogens with zero attached hydrogens (tertiary/aromatic N) is 2. The minimum Gasteiger partial charge on any atom is -0.392 e. The van der Waals surface area contributed by atoms with E-state index in [0.29, 0.717) is 12.6 Å². The van der Waals surface area contributed by atoms with Crippen molar-refractivity contribution >= 4 is 0 Å². The second kappa shape index (κ2) is 5.83. The SMILES string of the molecule is CC(O)CN(Cc1cccnc1)C(C)C. The van der Waals surface area contributed by atoms with E-state index in [2.05, 4.69) is 29.8 Å². The molecule has 0 radical (unpaired) electrons. The van der Waals surface area contributed by atoms with Crippen LogP contribution in [-0.2, 0) is 6.54 Å². The molecule has 1 rings (SSSR count). The van der Waals surface area contributed by atoms with Crippen LogP contribution in [0.1, 0.15) is 26.3 Å². The fraction of sp³-hybridized carbons (Fsp3) is 0.583. The highest BCUT2D eigenvalue weighted by atomic mass is 16.3. The maximum atomic E-state index is 9.39. The predicted octanol–water partition coefficient (Wildman–Crippen LogP) is 1.67. The molecule has 0 aliphatic carbocycles. The first-order valence-electron chi connectivity index (χ1n) is 5.40. The van der Waals surface area contributed by atoms with Gasteiger partial charge in [0, 0.05) is 31.5 Å². The van der Waals surface area contributed by atoms with Crippen LogP contribution < -0.4 is 0 Å². The van der Waals surface area contributed by atoms with Crippen LogP contribution in [0.5, 0.6) is 0 Å². The molecular weight excluding hydrogens is 188 g/mol. The summed E-state index contributed by atoms with van der Waals surface area (Å²) in [7, 11) is 0. The maximum absolute atomic E-state index is 9.39. The highest BCUT2D eigenvalue weighted by molar-refractivity contribution is 5.08. The molecule has 1 atom stereocenters. The van der Waals surface area contributed by atoms with Gasteiger partial charge in [-0.25, -0.2) is 0 Å². The van der Waals surface area contributed by atoms with Crippen molar-refractivity contribution in [2.45, 2.75) is 39.5 Å². The molecular formula is C12H20N2O. The van der Waals surface area contributed by atoms with Crippen molar-refractivity contribution < 1.29 is 5.11 Å². The van der Waals surface area contributed by atoms with Gasteiger partial charge in [-0.2, -0.15) is 0 Å². The number of pyridine rings is 1. The van der Waals surface area contributed by atoms with Gasteiger partial charge in [0.2, 0.25) is 0 Å². The fourth-order valence-corrected chi connectivity index (χ4v) is 1.52. The van der Waals surface area contributed by atoms with Gasteiger partial charge in [-0.15, -0.1) is 0 Å². The first kappa shape index (κ1) is 12.1. The van der Waals surface area contributed by atoms with E-state index >= 15 is 0 Å². The molecule has 84 valence electrons. The normalized spacial score (nSPS) is 13.5. The van der Waals surface area contributed by atoms with Crippen LogP contribution in [0.15, 0.2) is 24.5 Å². The summed E-state index contributed by atoms with van der Waals surface area (Å²) >= 11 is 0. The van der Waals surface area contributed by atoms with Crippen LogP contribution in [0, 0.1) is 0 Å². The molecule has 0 aromatic carbocycles. The molecule has 0 saturated carbocycles. The summed E-state index contributed by atoms with van der Waals surface area (Å²) in [5, 5.41) is 9.39. The zero-order valence-corrected chi connectivity index (χ0v) is 9.72. The summed E-state index contributed by atoms with van der Waals surface area (Å²) < 4.78 is 0. The predicted molar refractivity (Wildman–Crippen MR) is 61.5 cm³/mol. The quantitative estimate of drug-likeness (QED) is 0.799. The third kappa shape index (κ3) is 4.40. The summed E-state index contributed by atoms with van der Waals surface area (Å²) in [4.78, 5) is 6.32. The van der Waals surface area contributed by atoms with Crippen molar-refractivity contribution in [2.24, 2.45) is 0 Å². The van der Waals surface area contributed by atoms with E-state index in [4.69, 9.17) is 0 Å².